The minimum absolute atomic E-state index is 0.211. The monoisotopic (exact) mass is 233 g/mol. The first-order valence-electron chi connectivity index (χ1n) is 6.77. The Morgan fingerprint density at radius 1 is 1.29 bits per heavy atom. The third-order valence-electron chi connectivity index (χ3n) is 3.16. The van der Waals surface area contributed by atoms with Crippen LogP contribution in [0.1, 0.15) is 37.9 Å². The van der Waals surface area contributed by atoms with E-state index in [-0.39, 0.29) is 6.10 Å². The Labute approximate surface area is 104 Å². The van der Waals surface area contributed by atoms with E-state index < -0.39 is 0 Å². The maximum absolute atomic E-state index is 6.04. The van der Waals surface area contributed by atoms with Gasteiger partial charge >= 0.3 is 0 Å². The van der Waals surface area contributed by atoms with Crippen molar-refractivity contribution >= 4 is 0 Å². The SMILES string of the molecule is CCCNCC(OCC1CC1)c1ccccc1. The zero-order valence-corrected chi connectivity index (χ0v) is 10.7. The van der Waals surface area contributed by atoms with E-state index in [1.807, 2.05) is 0 Å². The Hall–Kier alpha value is -0.860. The smallest absolute Gasteiger partial charge is 0.0949 e. The summed E-state index contributed by atoms with van der Waals surface area (Å²) in [6.45, 7) is 5.10. The van der Waals surface area contributed by atoms with Gasteiger partial charge in [0.05, 0.1) is 12.7 Å². The van der Waals surface area contributed by atoms with Crippen LogP contribution in [0.5, 0.6) is 0 Å². The number of ether oxygens (including phenoxy) is 1. The summed E-state index contributed by atoms with van der Waals surface area (Å²) in [7, 11) is 0. The fraction of sp³-hybridized carbons (Fsp3) is 0.600. The third kappa shape index (κ3) is 4.49. The molecule has 1 aliphatic carbocycles. The van der Waals surface area contributed by atoms with Crippen LogP contribution in [0.15, 0.2) is 30.3 Å². The molecule has 2 nitrogen and oxygen atoms in total. The summed E-state index contributed by atoms with van der Waals surface area (Å²) in [5.41, 5.74) is 1.29. The molecule has 0 aromatic heterocycles. The predicted molar refractivity (Wildman–Crippen MR) is 71.0 cm³/mol. The molecule has 1 unspecified atom stereocenters. The van der Waals surface area contributed by atoms with Gasteiger partial charge in [-0.15, -0.1) is 0 Å². The fourth-order valence-electron chi connectivity index (χ4n) is 1.89. The molecule has 0 saturated heterocycles. The Bertz CT molecular complexity index is 308. The second-order valence-corrected chi connectivity index (χ2v) is 4.88. The van der Waals surface area contributed by atoms with E-state index in [4.69, 9.17) is 4.74 Å². The van der Waals surface area contributed by atoms with Crippen molar-refractivity contribution in [3.05, 3.63) is 35.9 Å². The Balaban J connectivity index is 1.85. The van der Waals surface area contributed by atoms with Gasteiger partial charge in [0.15, 0.2) is 0 Å². The first-order valence-corrected chi connectivity index (χ1v) is 6.77. The van der Waals surface area contributed by atoms with Gasteiger partial charge in [-0.2, -0.15) is 0 Å². The predicted octanol–water partition coefficient (Wildman–Crippen LogP) is 3.15. The van der Waals surface area contributed by atoms with Crippen LogP contribution >= 0.6 is 0 Å². The molecule has 17 heavy (non-hydrogen) atoms. The first-order chi connectivity index (χ1) is 8.40. The quantitative estimate of drug-likeness (QED) is 0.696. The highest BCUT2D eigenvalue weighted by Crippen LogP contribution is 2.30. The number of hydrogen-bond donors (Lipinski definition) is 1. The van der Waals surface area contributed by atoms with Gasteiger partial charge in [0.25, 0.3) is 0 Å². The topological polar surface area (TPSA) is 21.3 Å². The zero-order valence-electron chi connectivity index (χ0n) is 10.7. The van der Waals surface area contributed by atoms with E-state index in [0.29, 0.717) is 0 Å². The molecule has 1 aliphatic rings. The molecule has 1 aromatic rings. The van der Waals surface area contributed by atoms with Crippen molar-refractivity contribution in [3.8, 4) is 0 Å². The first kappa shape index (κ1) is 12.6. The average molecular weight is 233 g/mol. The normalized spacial score (nSPS) is 17.0. The molecule has 1 N–H and O–H groups in total. The summed E-state index contributed by atoms with van der Waals surface area (Å²) in [6.07, 6.45) is 4.08. The molecule has 0 radical (unpaired) electrons. The van der Waals surface area contributed by atoms with Crippen LogP contribution in [0, 0.1) is 5.92 Å². The van der Waals surface area contributed by atoms with E-state index in [0.717, 1.165) is 25.6 Å². The molecule has 2 heteroatoms. The van der Waals surface area contributed by atoms with Gasteiger partial charge in [0.2, 0.25) is 0 Å². The summed E-state index contributed by atoms with van der Waals surface area (Å²) in [5.74, 6) is 0.826. The van der Waals surface area contributed by atoms with E-state index in [9.17, 15) is 0 Å². The van der Waals surface area contributed by atoms with Crippen molar-refractivity contribution < 1.29 is 4.74 Å². The molecule has 1 fully saturated rings. The second-order valence-electron chi connectivity index (χ2n) is 4.88. The van der Waals surface area contributed by atoms with Gasteiger partial charge in [-0.3, -0.25) is 0 Å². The maximum atomic E-state index is 6.04. The number of nitrogens with one attached hydrogen (secondary N) is 1. The Kier molecular flexibility index (Phi) is 5.02. The van der Waals surface area contributed by atoms with Crippen LogP contribution in [-0.2, 0) is 4.74 Å². The van der Waals surface area contributed by atoms with Gasteiger partial charge in [-0.25, -0.2) is 0 Å². The fourth-order valence-corrected chi connectivity index (χ4v) is 1.89. The largest absolute Gasteiger partial charge is 0.372 e. The molecular weight excluding hydrogens is 210 g/mol. The zero-order chi connectivity index (χ0) is 11.9. The highest BCUT2D eigenvalue weighted by molar-refractivity contribution is 5.17. The van der Waals surface area contributed by atoms with E-state index in [1.54, 1.807) is 0 Å². The highest BCUT2D eigenvalue weighted by Gasteiger charge is 2.23. The van der Waals surface area contributed by atoms with Crippen LogP contribution < -0.4 is 5.32 Å². The molecular formula is C15H23NO. The van der Waals surface area contributed by atoms with Gasteiger partial charge in [0, 0.05) is 6.54 Å². The maximum Gasteiger partial charge on any atom is 0.0949 e. The van der Waals surface area contributed by atoms with Crippen molar-refractivity contribution in [2.75, 3.05) is 19.7 Å². The Morgan fingerprint density at radius 2 is 2.06 bits per heavy atom. The summed E-state index contributed by atoms with van der Waals surface area (Å²) in [6, 6.07) is 10.5. The lowest BCUT2D eigenvalue weighted by molar-refractivity contribution is 0.0453. The standard InChI is InChI=1S/C15H23NO/c1-2-10-16-11-15(17-12-13-8-9-13)14-6-4-3-5-7-14/h3-7,13,15-16H,2,8-12H2,1H3. The molecule has 1 aromatic carbocycles. The molecule has 1 saturated carbocycles. The van der Waals surface area contributed by atoms with E-state index in [2.05, 4.69) is 42.6 Å². The van der Waals surface area contributed by atoms with Crippen molar-refractivity contribution in [3.63, 3.8) is 0 Å². The average Bonchev–Trinajstić information content (AvgIpc) is 3.19. The number of rotatable bonds is 8. The molecule has 94 valence electrons. The summed E-state index contributed by atoms with van der Waals surface area (Å²) in [5, 5.41) is 3.45. The molecule has 0 spiro atoms. The van der Waals surface area contributed by atoms with Crippen LogP contribution in [0.25, 0.3) is 0 Å². The molecule has 0 heterocycles. The van der Waals surface area contributed by atoms with E-state index >= 15 is 0 Å². The van der Waals surface area contributed by atoms with Crippen molar-refractivity contribution in [2.45, 2.75) is 32.3 Å². The summed E-state index contributed by atoms with van der Waals surface area (Å²) < 4.78 is 6.04. The lowest BCUT2D eigenvalue weighted by Crippen LogP contribution is -2.24. The van der Waals surface area contributed by atoms with Crippen molar-refractivity contribution in [1.82, 2.24) is 5.32 Å². The molecule has 2 rings (SSSR count). The van der Waals surface area contributed by atoms with Crippen LogP contribution in [-0.4, -0.2) is 19.7 Å². The van der Waals surface area contributed by atoms with Gasteiger partial charge in [0.1, 0.15) is 0 Å². The van der Waals surface area contributed by atoms with Crippen LogP contribution in [0.2, 0.25) is 0 Å². The molecule has 0 bridgehead atoms. The van der Waals surface area contributed by atoms with Crippen LogP contribution in [0.3, 0.4) is 0 Å². The molecule has 0 amide bonds. The summed E-state index contributed by atoms with van der Waals surface area (Å²) >= 11 is 0. The highest BCUT2D eigenvalue weighted by atomic mass is 16.5. The number of hydrogen-bond acceptors (Lipinski definition) is 2. The second kappa shape index (κ2) is 6.77. The minimum Gasteiger partial charge on any atom is -0.372 e. The molecule has 0 aliphatic heterocycles. The van der Waals surface area contributed by atoms with Gasteiger partial charge in [-0.1, -0.05) is 37.3 Å². The van der Waals surface area contributed by atoms with Gasteiger partial charge < -0.3 is 10.1 Å². The summed E-state index contributed by atoms with van der Waals surface area (Å²) in [4.78, 5) is 0. The van der Waals surface area contributed by atoms with Crippen molar-refractivity contribution in [2.24, 2.45) is 5.92 Å². The van der Waals surface area contributed by atoms with Crippen molar-refractivity contribution in [1.29, 1.82) is 0 Å². The Morgan fingerprint density at radius 3 is 2.71 bits per heavy atom. The third-order valence-corrected chi connectivity index (χ3v) is 3.16. The van der Waals surface area contributed by atoms with Crippen LogP contribution in [0.4, 0.5) is 0 Å². The minimum atomic E-state index is 0.211. The lowest BCUT2D eigenvalue weighted by atomic mass is 10.1. The number of benzene rings is 1. The van der Waals surface area contributed by atoms with Gasteiger partial charge in [-0.05, 0) is 37.3 Å². The molecule has 1 atom stereocenters. The van der Waals surface area contributed by atoms with E-state index in [1.165, 1.54) is 24.8 Å². The lowest BCUT2D eigenvalue weighted by Gasteiger charge is -2.19.